The van der Waals surface area contributed by atoms with Gasteiger partial charge in [-0.2, -0.15) is 0 Å². The van der Waals surface area contributed by atoms with Crippen molar-refractivity contribution < 1.29 is 4.79 Å². The zero-order valence-electron chi connectivity index (χ0n) is 10.7. The third-order valence-corrected chi connectivity index (χ3v) is 3.22. The molecule has 0 spiro atoms. The molecular formula is C14H20BrNO. The second kappa shape index (κ2) is 6.80. The van der Waals surface area contributed by atoms with Crippen LogP contribution in [0.1, 0.15) is 43.1 Å². The summed E-state index contributed by atoms with van der Waals surface area (Å²) in [6, 6.07) is 7.90. The van der Waals surface area contributed by atoms with E-state index in [0.29, 0.717) is 5.92 Å². The molecule has 0 saturated heterocycles. The van der Waals surface area contributed by atoms with Crippen LogP contribution in [0.4, 0.5) is 0 Å². The van der Waals surface area contributed by atoms with Crippen molar-refractivity contribution in [2.75, 3.05) is 0 Å². The predicted molar refractivity (Wildman–Crippen MR) is 75.5 cm³/mol. The van der Waals surface area contributed by atoms with Crippen LogP contribution in [-0.4, -0.2) is 11.9 Å². The van der Waals surface area contributed by atoms with Crippen molar-refractivity contribution in [2.24, 2.45) is 5.92 Å². The number of hydrogen-bond acceptors (Lipinski definition) is 1. The fourth-order valence-electron chi connectivity index (χ4n) is 1.82. The Morgan fingerprint density at radius 1 is 1.24 bits per heavy atom. The molecule has 0 heterocycles. The van der Waals surface area contributed by atoms with Crippen LogP contribution in [0.2, 0.25) is 0 Å². The SMILES string of the molecule is CC(C)CC(C)NC(=O)c1ccc(CBr)cc1. The van der Waals surface area contributed by atoms with Gasteiger partial charge in [0.15, 0.2) is 0 Å². The monoisotopic (exact) mass is 297 g/mol. The maximum absolute atomic E-state index is 11.9. The van der Waals surface area contributed by atoms with E-state index < -0.39 is 0 Å². The zero-order valence-corrected chi connectivity index (χ0v) is 12.3. The van der Waals surface area contributed by atoms with E-state index >= 15 is 0 Å². The molecule has 1 aromatic rings. The number of hydrogen-bond donors (Lipinski definition) is 1. The lowest BCUT2D eigenvalue weighted by Crippen LogP contribution is -2.33. The van der Waals surface area contributed by atoms with Gasteiger partial charge in [-0.05, 0) is 37.0 Å². The normalized spacial score (nSPS) is 12.5. The summed E-state index contributed by atoms with van der Waals surface area (Å²) in [6.07, 6.45) is 1.01. The Bertz CT molecular complexity index is 359. The number of alkyl halides is 1. The lowest BCUT2D eigenvalue weighted by Gasteiger charge is -2.16. The molecule has 0 aliphatic heterocycles. The minimum atomic E-state index is 0.0132. The molecular weight excluding hydrogens is 278 g/mol. The van der Waals surface area contributed by atoms with Crippen molar-refractivity contribution in [2.45, 2.75) is 38.6 Å². The Morgan fingerprint density at radius 3 is 2.29 bits per heavy atom. The van der Waals surface area contributed by atoms with Crippen LogP contribution in [0.5, 0.6) is 0 Å². The van der Waals surface area contributed by atoms with Gasteiger partial charge in [0.05, 0.1) is 0 Å². The lowest BCUT2D eigenvalue weighted by molar-refractivity contribution is 0.0936. The summed E-state index contributed by atoms with van der Waals surface area (Å²) in [5.74, 6) is 0.611. The minimum Gasteiger partial charge on any atom is -0.350 e. The Kier molecular flexibility index (Phi) is 5.69. The topological polar surface area (TPSA) is 29.1 Å². The quantitative estimate of drug-likeness (QED) is 0.824. The molecule has 3 heteroatoms. The van der Waals surface area contributed by atoms with Gasteiger partial charge in [-0.25, -0.2) is 0 Å². The van der Waals surface area contributed by atoms with E-state index in [1.165, 1.54) is 5.56 Å². The van der Waals surface area contributed by atoms with Gasteiger partial charge in [-0.15, -0.1) is 0 Å². The van der Waals surface area contributed by atoms with E-state index in [0.717, 1.165) is 17.3 Å². The van der Waals surface area contributed by atoms with E-state index in [1.54, 1.807) is 0 Å². The van der Waals surface area contributed by atoms with Gasteiger partial charge in [-0.1, -0.05) is 41.9 Å². The van der Waals surface area contributed by atoms with Gasteiger partial charge in [0.25, 0.3) is 5.91 Å². The van der Waals surface area contributed by atoms with Gasteiger partial charge in [-0.3, -0.25) is 4.79 Å². The first kappa shape index (κ1) is 14.2. The summed E-state index contributed by atoms with van der Waals surface area (Å²) in [5, 5.41) is 3.83. The van der Waals surface area contributed by atoms with Crippen LogP contribution in [-0.2, 0) is 5.33 Å². The molecule has 1 unspecified atom stereocenters. The number of carbonyl (C=O) groups excluding carboxylic acids is 1. The molecule has 0 aliphatic carbocycles. The fraction of sp³-hybridized carbons (Fsp3) is 0.500. The number of nitrogens with one attached hydrogen (secondary N) is 1. The van der Waals surface area contributed by atoms with Gasteiger partial charge in [0, 0.05) is 16.9 Å². The minimum absolute atomic E-state index is 0.0132. The fourth-order valence-corrected chi connectivity index (χ4v) is 2.19. The molecule has 1 amide bonds. The average Bonchev–Trinajstić information content (AvgIpc) is 2.28. The molecule has 0 radical (unpaired) electrons. The third kappa shape index (κ3) is 4.90. The van der Waals surface area contributed by atoms with Crippen LogP contribution in [0.25, 0.3) is 0 Å². The summed E-state index contributed by atoms with van der Waals surface area (Å²) in [7, 11) is 0. The maximum atomic E-state index is 11.9. The molecule has 1 aromatic carbocycles. The van der Waals surface area contributed by atoms with Gasteiger partial charge < -0.3 is 5.32 Å². The Labute approximate surface area is 112 Å². The van der Waals surface area contributed by atoms with E-state index in [9.17, 15) is 4.79 Å². The third-order valence-electron chi connectivity index (χ3n) is 2.57. The highest BCUT2D eigenvalue weighted by Gasteiger charge is 2.10. The molecule has 1 atom stereocenters. The molecule has 0 saturated carbocycles. The molecule has 94 valence electrons. The summed E-state index contributed by atoms with van der Waals surface area (Å²) >= 11 is 3.39. The van der Waals surface area contributed by atoms with E-state index in [1.807, 2.05) is 31.2 Å². The standard InChI is InChI=1S/C14H20BrNO/c1-10(2)8-11(3)16-14(17)13-6-4-12(9-15)5-7-13/h4-7,10-11H,8-9H2,1-3H3,(H,16,17). The summed E-state index contributed by atoms with van der Waals surface area (Å²) in [4.78, 5) is 11.9. The summed E-state index contributed by atoms with van der Waals surface area (Å²) in [5.41, 5.74) is 1.90. The van der Waals surface area contributed by atoms with Gasteiger partial charge in [0.2, 0.25) is 0 Å². The molecule has 1 N–H and O–H groups in total. The Hall–Kier alpha value is -0.830. The van der Waals surface area contributed by atoms with Crippen molar-refractivity contribution >= 4 is 21.8 Å². The number of benzene rings is 1. The van der Waals surface area contributed by atoms with E-state index in [2.05, 4.69) is 35.1 Å². The second-order valence-electron chi connectivity index (χ2n) is 4.83. The molecule has 0 aliphatic rings. The number of amides is 1. The summed E-state index contributed by atoms with van der Waals surface area (Å²) < 4.78 is 0. The van der Waals surface area contributed by atoms with Crippen LogP contribution >= 0.6 is 15.9 Å². The van der Waals surface area contributed by atoms with Crippen LogP contribution in [0.3, 0.4) is 0 Å². The maximum Gasteiger partial charge on any atom is 0.251 e. The highest BCUT2D eigenvalue weighted by Crippen LogP contribution is 2.09. The number of halogens is 1. The summed E-state index contributed by atoms with van der Waals surface area (Å²) in [6.45, 7) is 6.37. The first-order chi connectivity index (χ1) is 8.02. The largest absolute Gasteiger partial charge is 0.350 e. The van der Waals surface area contributed by atoms with Gasteiger partial charge in [0.1, 0.15) is 0 Å². The van der Waals surface area contributed by atoms with Crippen molar-refractivity contribution in [3.05, 3.63) is 35.4 Å². The second-order valence-corrected chi connectivity index (χ2v) is 5.40. The molecule has 0 aromatic heterocycles. The molecule has 0 bridgehead atoms. The van der Waals surface area contributed by atoms with Crippen molar-refractivity contribution in [1.29, 1.82) is 0 Å². The van der Waals surface area contributed by atoms with Crippen LogP contribution < -0.4 is 5.32 Å². The first-order valence-corrected chi connectivity index (χ1v) is 7.10. The van der Waals surface area contributed by atoms with Gasteiger partial charge >= 0.3 is 0 Å². The average molecular weight is 298 g/mol. The molecule has 2 nitrogen and oxygen atoms in total. The first-order valence-electron chi connectivity index (χ1n) is 5.98. The Morgan fingerprint density at radius 2 is 1.82 bits per heavy atom. The lowest BCUT2D eigenvalue weighted by atomic mass is 10.0. The van der Waals surface area contributed by atoms with Crippen LogP contribution in [0.15, 0.2) is 24.3 Å². The van der Waals surface area contributed by atoms with E-state index in [-0.39, 0.29) is 11.9 Å². The molecule has 1 rings (SSSR count). The van der Waals surface area contributed by atoms with E-state index in [4.69, 9.17) is 0 Å². The smallest absolute Gasteiger partial charge is 0.251 e. The highest BCUT2D eigenvalue weighted by molar-refractivity contribution is 9.08. The Balaban J connectivity index is 2.57. The van der Waals surface area contributed by atoms with Crippen molar-refractivity contribution in [3.8, 4) is 0 Å². The number of carbonyl (C=O) groups is 1. The van der Waals surface area contributed by atoms with Crippen molar-refractivity contribution in [1.82, 2.24) is 5.32 Å². The predicted octanol–water partition coefficient (Wildman–Crippen LogP) is 3.75. The number of rotatable bonds is 5. The molecule has 17 heavy (non-hydrogen) atoms. The highest BCUT2D eigenvalue weighted by atomic mass is 79.9. The molecule has 0 fully saturated rings. The van der Waals surface area contributed by atoms with Crippen molar-refractivity contribution in [3.63, 3.8) is 0 Å². The zero-order chi connectivity index (χ0) is 12.8. The van der Waals surface area contributed by atoms with Crippen LogP contribution in [0, 0.1) is 5.92 Å².